The number of benzene rings is 1. The molecule has 0 aliphatic carbocycles. The molecule has 1 unspecified atom stereocenters. The first kappa shape index (κ1) is 18.0. The minimum absolute atomic E-state index is 0.00916. The second kappa shape index (κ2) is 6.97. The van der Waals surface area contributed by atoms with Gasteiger partial charge in [0.05, 0.1) is 17.2 Å². The van der Waals surface area contributed by atoms with Crippen LogP contribution >= 0.6 is 0 Å². The van der Waals surface area contributed by atoms with Crippen molar-refractivity contribution in [1.29, 1.82) is 0 Å². The highest BCUT2D eigenvalue weighted by Crippen LogP contribution is 2.44. The monoisotopic (exact) mass is 365 g/mol. The van der Waals surface area contributed by atoms with Gasteiger partial charge in [-0.3, -0.25) is 9.78 Å². The number of ether oxygens (including phenoxy) is 1. The van der Waals surface area contributed by atoms with Crippen molar-refractivity contribution in [3.05, 3.63) is 59.4 Å². The quantitative estimate of drug-likeness (QED) is 0.838. The fourth-order valence-electron chi connectivity index (χ4n) is 4.53. The van der Waals surface area contributed by atoms with Crippen LogP contribution < -0.4 is 4.90 Å². The number of anilines is 1. The van der Waals surface area contributed by atoms with Crippen LogP contribution in [0.25, 0.3) is 0 Å². The van der Waals surface area contributed by atoms with Gasteiger partial charge >= 0.3 is 0 Å². The van der Waals surface area contributed by atoms with Crippen molar-refractivity contribution in [2.45, 2.75) is 38.3 Å². The molecule has 1 aromatic heterocycles. The van der Waals surface area contributed by atoms with Crippen molar-refractivity contribution in [1.82, 2.24) is 9.88 Å². The first-order valence-corrected chi connectivity index (χ1v) is 9.63. The molecule has 4 rings (SSSR count). The second-order valence-electron chi connectivity index (χ2n) is 7.70. The molecule has 0 N–H and O–H groups in total. The molecule has 3 heterocycles. The molecular formula is C22H27N3O2. The van der Waals surface area contributed by atoms with Crippen molar-refractivity contribution in [3.8, 4) is 0 Å². The normalized spacial score (nSPS) is 21.2. The minimum atomic E-state index is -0.00916. The van der Waals surface area contributed by atoms with Crippen LogP contribution in [0.2, 0.25) is 0 Å². The SMILES string of the molecule is COC1CN(c2ccc(C)cc2)C12CCN(C(=O)c1cccnc1C)CC2. The molecule has 1 spiro atoms. The highest BCUT2D eigenvalue weighted by atomic mass is 16.5. The van der Waals surface area contributed by atoms with Crippen LogP contribution in [0, 0.1) is 13.8 Å². The Morgan fingerprint density at radius 2 is 1.85 bits per heavy atom. The lowest BCUT2D eigenvalue weighted by Crippen LogP contribution is -2.74. The molecule has 0 saturated carbocycles. The molecule has 2 fully saturated rings. The van der Waals surface area contributed by atoms with E-state index in [1.165, 1.54) is 11.3 Å². The summed E-state index contributed by atoms with van der Waals surface area (Å²) in [6, 6.07) is 12.4. The molecule has 5 heteroatoms. The van der Waals surface area contributed by atoms with E-state index in [-0.39, 0.29) is 17.6 Å². The number of hydrogen-bond acceptors (Lipinski definition) is 4. The zero-order valence-electron chi connectivity index (χ0n) is 16.3. The van der Waals surface area contributed by atoms with Crippen LogP contribution in [0.3, 0.4) is 0 Å². The zero-order chi connectivity index (χ0) is 19.0. The van der Waals surface area contributed by atoms with Gasteiger partial charge in [-0.05, 0) is 51.0 Å². The Balaban J connectivity index is 1.51. The van der Waals surface area contributed by atoms with Gasteiger partial charge in [-0.15, -0.1) is 0 Å². The number of amides is 1. The number of rotatable bonds is 3. The predicted octanol–water partition coefficient (Wildman–Crippen LogP) is 3.21. The number of likely N-dealkylation sites (tertiary alicyclic amines) is 1. The summed E-state index contributed by atoms with van der Waals surface area (Å²) in [5.41, 5.74) is 4.01. The maximum atomic E-state index is 12.9. The minimum Gasteiger partial charge on any atom is -0.377 e. The third-order valence-corrected chi connectivity index (χ3v) is 6.27. The van der Waals surface area contributed by atoms with Gasteiger partial charge < -0.3 is 14.5 Å². The number of carbonyl (C=O) groups is 1. The van der Waals surface area contributed by atoms with Crippen LogP contribution in [0.4, 0.5) is 5.69 Å². The second-order valence-corrected chi connectivity index (χ2v) is 7.70. The van der Waals surface area contributed by atoms with Crippen LogP contribution in [-0.2, 0) is 4.74 Å². The van der Waals surface area contributed by atoms with Gasteiger partial charge in [-0.25, -0.2) is 0 Å². The molecule has 0 radical (unpaired) electrons. The smallest absolute Gasteiger partial charge is 0.255 e. The largest absolute Gasteiger partial charge is 0.377 e. The molecule has 1 aromatic carbocycles. The van der Waals surface area contributed by atoms with Crippen LogP contribution in [0.5, 0.6) is 0 Å². The van der Waals surface area contributed by atoms with Gasteiger partial charge in [-0.2, -0.15) is 0 Å². The molecule has 142 valence electrons. The van der Waals surface area contributed by atoms with Crippen LogP contribution in [-0.4, -0.2) is 54.2 Å². The molecule has 2 aromatic rings. The Hall–Kier alpha value is -2.40. The van der Waals surface area contributed by atoms with Crippen molar-refractivity contribution in [2.75, 3.05) is 31.6 Å². The average molecular weight is 365 g/mol. The van der Waals surface area contributed by atoms with E-state index in [2.05, 4.69) is 41.1 Å². The van der Waals surface area contributed by atoms with Gasteiger partial charge in [0, 0.05) is 44.3 Å². The fraction of sp³-hybridized carbons (Fsp3) is 0.455. The molecule has 0 bridgehead atoms. The van der Waals surface area contributed by atoms with Crippen molar-refractivity contribution in [3.63, 3.8) is 0 Å². The topological polar surface area (TPSA) is 45.7 Å². The lowest BCUT2D eigenvalue weighted by Gasteiger charge is -2.61. The van der Waals surface area contributed by atoms with Crippen LogP contribution in [0.1, 0.15) is 34.5 Å². The Morgan fingerprint density at radius 3 is 2.48 bits per heavy atom. The molecule has 1 atom stereocenters. The van der Waals surface area contributed by atoms with E-state index in [4.69, 9.17) is 4.74 Å². The summed E-state index contributed by atoms with van der Waals surface area (Å²) in [5, 5.41) is 0. The summed E-state index contributed by atoms with van der Waals surface area (Å²) >= 11 is 0. The van der Waals surface area contributed by atoms with Gasteiger partial charge in [0.1, 0.15) is 0 Å². The number of hydrogen-bond donors (Lipinski definition) is 0. The number of methoxy groups -OCH3 is 1. The number of nitrogens with zero attached hydrogens (tertiary/aromatic N) is 3. The van der Waals surface area contributed by atoms with E-state index < -0.39 is 0 Å². The van der Waals surface area contributed by atoms with E-state index >= 15 is 0 Å². The van der Waals surface area contributed by atoms with Gasteiger partial charge in [0.2, 0.25) is 0 Å². The third kappa shape index (κ3) is 3.00. The summed E-state index contributed by atoms with van der Waals surface area (Å²) in [6.07, 6.45) is 3.79. The number of aryl methyl sites for hydroxylation is 2. The summed E-state index contributed by atoms with van der Waals surface area (Å²) in [6.45, 7) is 6.41. The lowest BCUT2D eigenvalue weighted by molar-refractivity contribution is -0.0433. The predicted molar refractivity (Wildman–Crippen MR) is 106 cm³/mol. The Bertz CT molecular complexity index is 826. The van der Waals surface area contributed by atoms with Gasteiger partial charge in [0.25, 0.3) is 5.91 Å². The molecule has 2 aliphatic heterocycles. The summed E-state index contributed by atoms with van der Waals surface area (Å²) in [4.78, 5) is 21.6. The molecule has 2 saturated heterocycles. The van der Waals surface area contributed by atoms with E-state index in [1.807, 2.05) is 24.0 Å². The summed E-state index contributed by atoms with van der Waals surface area (Å²) in [7, 11) is 1.80. The first-order valence-electron chi connectivity index (χ1n) is 9.63. The molecule has 27 heavy (non-hydrogen) atoms. The maximum Gasteiger partial charge on any atom is 0.255 e. The highest BCUT2D eigenvalue weighted by molar-refractivity contribution is 5.95. The lowest BCUT2D eigenvalue weighted by atomic mass is 9.73. The number of carbonyl (C=O) groups excluding carboxylic acids is 1. The standard InChI is InChI=1S/C22H27N3O2/c1-16-6-8-18(9-7-16)25-15-20(27-3)22(25)10-13-24(14-11-22)21(26)19-5-4-12-23-17(19)2/h4-9,12,20H,10-11,13-15H2,1-3H3. The Labute approximate surface area is 161 Å². The molecule has 2 aliphatic rings. The van der Waals surface area contributed by atoms with E-state index in [1.54, 1.807) is 13.3 Å². The fourth-order valence-corrected chi connectivity index (χ4v) is 4.53. The number of pyridine rings is 1. The summed E-state index contributed by atoms with van der Waals surface area (Å²) < 4.78 is 5.80. The molecule has 1 amide bonds. The Kier molecular flexibility index (Phi) is 4.64. The average Bonchev–Trinajstić information content (AvgIpc) is 2.69. The Morgan fingerprint density at radius 1 is 1.15 bits per heavy atom. The van der Waals surface area contributed by atoms with E-state index in [0.29, 0.717) is 5.56 Å². The van der Waals surface area contributed by atoms with Crippen LogP contribution in [0.15, 0.2) is 42.6 Å². The summed E-state index contributed by atoms with van der Waals surface area (Å²) in [5.74, 6) is 0.0885. The van der Waals surface area contributed by atoms with E-state index in [0.717, 1.165) is 38.2 Å². The first-order chi connectivity index (χ1) is 13.0. The van der Waals surface area contributed by atoms with Gasteiger partial charge in [-0.1, -0.05) is 17.7 Å². The zero-order valence-corrected chi connectivity index (χ0v) is 16.3. The van der Waals surface area contributed by atoms with E-state index in [9.17, 15) is 4.79 Å². The molecule has 5 nitrogen and oxygen atoms in total. The number of piperidine rings is 1. The maximum absolute atomic E-state index is 12.9. The molecular weight excluding hydrogens is 338 g/mol. The van der Waals surface area contributed by atoms with Crippen molar-refractivity contribution in [2.24, 2.45) is 0 Å². The van der Waals surface area contributed by atoms with Crippen molar-refractivity contribution >= 4 is 11.6 Å². The third-order valence-electron chi connectivity index (χ3n) is 6.27. The van der Waals surface area contributed by atoms with Gasteiger partial charge in [0.15, 0.2) is 0 Å². The highest BCUT2D eigenvalue weighted by Gasteiger charge is 2.55. The van der Waals surface area contributed by atoms with Crippen molar-refractivity contribution < 1.29 is 9.53 Å². The number of aromatic nitrogens is 1.